The minimum Gasteiger partial charge on any atom is -0.497 e. The van der Waals surface area contributed by atoms with Crippen LogP contribution >= 0.6 is 11.6 Å². The number of anilines is 1. The number of halogens is 3. The molecule has 1 aliphatic rings. The fourth-order valence-corrected chi connectivity index (χ4v) is 3.94. The summed E-state index contributed by atoms with van der Waals surface area (Å²) >= 11 is 5.96. The quantitative estimate of drug-likeness (QED) is 0.298. The largest absolute Gasteiger partial charge is 0.497 e. The number of nitrogens with zero attached hydrogens (tertiary/aromatic N) is 3. The van der Waals surface area contributed by atoms with E-state index in [4.69, 9.17) is 21.1 Å². The fourth-order valence-electron chi connectivity index (χ4n) is 3.76. The van der Waals surface area contributed by atoms with E-state index in [0.29, 0.717) is 24.4 Å². The number of methoxy groups -OCH3 is 1. The van der Waals surface area contributed by atoms with E-state index in [1.54, 1.807) is 49.6 Å². The number of amides is 1. The summed E-state index contributed by atoms with van der Waals surface area (Å²) in [5, 5.41) is 7.06. The second-order valence-electron chi connectivity index (χ2n) is 8.59. The summed E-state index contributed by atoms with van der Waals surface area (Å²) < 4.78 is 40.5. The van der Waals surface area contributed by atoms with Crippen LogP contribution in [-0.2, 0) is 11.2 Å². The van der Waals surface area contributed by atoms with E-state index in [2.05, 4.69) is 15.4 Å². The van der Waals surface area contributed by atoms with E-state index < -0.39 is 22.8 Å². The maximum absolute atomic E-state index is 14.6. The van der Waals surface area contributed by atoms with Crippen LogP contribution < -0.4 is 14.8 Å². The second-order valence-corrected chi connectivity index (χ2v) is 9.27. The molecule has 4 aromatic rings. The summed E-state index contributed by atoms with van der Waals surface area (Å²) in [6, 6.07) is 20.6. The zero-order valence-corrected chi connectivity index (χ0v) is 20.6. The molecule has 3 aromatic carbocycles. The molecule has 0 bridgehead atoms. The van der Waals surface area contributed by atoms with Gasteiger partial charge in [-0.05, 0) is 54.1 Å². The van der Waals surface area contributed by atoms with Crippen molar-refractivity contribution in [3.8, 4) is 28.8 Å². The van der Waals surface area contributed by atoms with Gasteiger partial charge in [-0.15, -0.1) is 16.7 Å². The van der Waals surface area contributed by atoms with Crippen LogP contribution in [0.2, 0.25) is 0 Å². The number of aromatic nitrogens is 3. The number of hydrogen-bond donors (Lipinski definition) is 1. The highest BCUT2D eigenvalue weighted by atomic mass is 35.5. The molecular weight excluding hydrogens is 502 g/mol. The molecule has 190 valence electrons. The first-order valence-corrected chi connectivity index (χ1v) is 12.0. The number of carbonyl (C=O) groups is 1. The molecule has 1 aliphatic carbocycles. The SMILES string of the molecule is COc1ccc(CCOc2nc(-c3ccccc3F)n(-c3ccc(NC(=O)[C@@]4(Cl)C[C@@H]4F)cc3)n2)cc1. The Kier molecular flexibility index (Phi) is 6.80. The molecule has 10 heteroatoms. The normalized spacial score (nSPS) is 18.3. The fraction of sp³-hybridized carbons (Fsp3) is 0.222. The molecule has 0 aliphatic heterocycles. The molecule has 2 atom stereocenters. The Morgan fingerprint density at radius 1 is 1.14 bits per heavy atom. The third kappa shape index (κ3) is 5.27. The number of rotatable bonds is 9. The highest BCUT2D eigenvalue weighted by Gasteiger charge is 2.60. The number of ether oxygens (including phenoxy) is 2. The lowest BCUT2D eigenvalue weighted by atomic mass is 10.1. The molecule has 1 N–H and O–H groups in total. The molecule has 5 rings (SSSR count). The van der Waals surface area contributed by atoms with Crippen LogP contribution in [-0.4, -0.2) is 45.4 Å². The van der Waals surface area contributed by atoms with Crippen molar-refractivity contribution in [3.05, 3.63) is 84.2 Å². The summed E-state index contributed by atoms with van der Waals surface area (Å²) in [5.41, 5.74) is 2.31. The number of hydrogen-bond acceptors (Lipinski definition) is 5. The average molecular weight is 525 g/mol. The Bertz CT molecular complexity index is 1410. The third-order valence-corrected chi connectivity index (χ3v) is 6.61. The van der Waals surface area contributed by atoms with Gasteiger partial charge in [-0.3, -0.25) is 4.79 Å². The van der Waals surface area contributed by atoms with Crippen molar-refractivity contribution in [1.29, 1.82) is 0 Å². The van der Waals surface area contributed by atoms with Gasteiger partial charge in [0.1, 0.15) is 17.7 Å². The van der Waals surface area contributed by atoms with E-state index in [0.717, 1.165) is 11.3 Å². The smallest absolute Gasteiger partial charge is 0.336 e. The van der Waals surface area contributed by atoms with Gasteiger partial charge < -0.3 is 14.8 Å². The van der Waals surface area contributed by atoms with Gasteiger partial charge in [0.15, 0.2) is 10.7 Å². The highest BCUT2D eigenvalue weighted by Crippen LogP contribution is 2.46. The topological polar surface area (TPSA) is 78.3 Å². The van der Waals surface area contributed by atoms with Crippen LogP contribution in [0.5, 0.6) is 11.8 Å². The third-order valence-electron chi connectivity index (χ3n) is 6.04. The Balaban J connectivity index is 1.36. The van der Waals surface area contributed by atoms with Crippen LogP contribution in [0.15, 0.2) is 72.8 Å². The summed E-state index contributed by atoms with van der Waals surface area (Å²) in [4.78, 5) is 15.1. The maximum atomic E-state index is 14.6. The van der Waals surface area contributed by atoms with E-state index in [1.165, 1.54) is 10.7 Å². The van der Waals surface area contributed by atoms with E-state index in [9.17, 15) is 13.6 Å². The van der Waals surface area contributed by atoms with Crippen LogP contribution in [0.25, 0.3) is 17.1 Å². The Morgan fingerprint density at radius 2 is 1.84 bits per heavy atom. The molecule has 0 radical (unpaired) electrons. The number of carbonyl (C=O) groups excluding carboxylic acids is 1. The first kappa shape index (κ1) is 24.7. The zero-order chi connectivity index (χ0) is 26.0. The first-order valence-electron chi connectivity index (χ1n) is 11.6. The maximum Gasteiger partial charge on any atom is 0.336 e. The van der Waals surface area contributed by atoms with Gasteiger partial charge in [0, 0.05) is 18.5 Å². The molecule has 7 nitrogen and oxygen atoms in total. The molecule has 1 amide bonds. The van der Waals surface area contributed by atoms with Crippen LogP contribution in [0.3, 0.4) is 0 Å². The second kappa shape index (κ2) is 10.2. The van der Waals surface area contributed by atoms with E-state index in [1.807, 2.05) is 24.3 Å². The molecular formula is C27H23ClF2N4O3. The van der Waals surface area contributed by atoms with Gasteiger partial charge >= 0.3 is 6.01 Å². The Morgan fingerprint density at radius 3 is 2.49 bits per heavy atom. The molecule has 0 unspecified atom stereocenters. The van der Waals surface area contributed by atoms with Gasteiger partial charge in [0.25, 0.3) is 0 Å². The summed E-state index contributed by atoms with van der Waals surface area (Å²) in [6.07, 6.45) is -0.746. The van der Waals surface area contributed by atoms with E-state index in [-0.39, 0.29) is 23.8 Å². The first-order chi connectivity index (χ1) is 17.9. The van der Waals surface area contributed by atoms with E-state index >= 15 is 0 Å². The van der Waals surface area contributed by atoms with Crippen molar-refractivity contribution in [1.82, 2.24) is 14.8 Å². The predicted octanol–water partition coefficient (Wildman–Crippen LogP) is 5.36. The minimum absolute atomic E-state index is 0.00926. The molecule has 1 saturated carbocycles. The molecule has 1 fully saturated rings. The molecule has 1 aromatic heterocycles. The van der Waals surface area contributed by atoms with Crippen LogP contribution in [0.1, 0.15) is 12.0 Å². The summed E-state index contributed by atoms with van der Waals surface area (Å²) in [7, 11) is 1.61. The van der Waals surface area contributed by atoms with Crippen molar-refractivity contribution in [2.24, 2.45) is 0 Å². The van der Waals surface area contributed by atoms with Crippen molar-refractivity contribution in [3.63, 3.8) is 0 Å². The standard InChI is InChI=1S/C27H23ClF2N4O3/c1-36-20-12-6-17(7-13-20)14-15-37-26-32-24(21-4-2-3-5-22(21)29)34(33-26)19-10-8-18(9-11-19)31-25(35)27(28)16-23(27)30/h2-13,23H,14-16H2,1H3,(H,31,35)/t23-,27+/m0/s1. The van der Waals surface area contributed by atoms with Gasteiger partial charge in [-0.25, -0.2) is 13.5 Å². The van der Waals surface area contributed by atoms with Crippen molar-refractivity contribution >= 4 is 23.2 Å². The minimum atomic E-state index is -1.50. The summed E-state index contributed by atoms with van der Waals surface area (Å²) in [5.74, 6) is -0.0176. The van der Waals surface area contributed by atoms with Crippen LogP contribution in [0.4, 0.5) is 14.5 Å². The Labute approximate surface area is 217 Å². The van der Waals surface area contributed by atoms with Gasteiger partial charge in [-0.2, -0.15) is 4.98 Å². The van der Waals surface area contributed by atoms with Crippen LogP contribution in [0, 0.1) is 5.82 Å². The average Bonchev–Trinajstić information content (AvgIpc) is 3.33. The zero-order valence-electron chi connectivity index (χ0n) is 19.8. The predicted molar refractivity (Wildman–Crippen MR) is 136 cm³/mol. The van der Waals surface area contributed by atoms with Crippen molar-refractivity contribution in [2.45, 2.75) is 23.9 Å². The lowest BCUT2D eigenvalue weighted by molar-refractivity contribution is -0.116. The summed E-state index contributed by atoms with van der Waals surface area (Å²) in [6.45, 7) is 0.313. The van der Waals surface area contributed by atoms with Gasteiger partial charge in [-0.1, -0.05) is 24.3 Å². The monoisotopic (exact) mass is 524 g/mol. The number of benzene rings is 3. The van der Waals surface area contributed by atoms with Gasteiger partial charge in [0.2, 0.25) is 5.91 Å². The molecule has 37 heavy (non-hydrogen) atoms. The highest BCUT2D eigenvalue weighted by molar-refractivity contribution is 6.39. The molecule has 0 spiro atoms. The molecule has 1 heterocycles. The number of nitrogens with one attached hydrogen (secondary N) is 1. The van der Waals surface area contributed by atoms with Crippen molar-refractivity contribution < 1.29 is 23.0 Å². The van der Waals surface area contributed by atoms with Crippen molar-refractivity contribution in [2.75, 3.05) is 19.0 Å². The molecule has 0 saturated heterocycles. The Hall–Kier alpha value is -3.98. The van der Waals surface area contributed by atoms with Gasteiger partial charge in [0.05, 0.1) is 25.0 Å². The lowest BCUT2D eigenvalue weighted by Gasteiger charge is -2.10. The lowest BCUT2D eigenvalue weighted by Crippen LogP contribution is -2.27. The number of alkyl halides is 2.